The number of carboxylic acids is 1. The van der Waals surface area contributed by atoms with Gasteiger partial charge >= 0.3 is 5.97 Å². The molecule has 4 nitrogen and oxygen atoms in total. The minimum Gasteiger partial charge on any atom is -0.490 e. The van der Waals surface area contributed by atoms with Crippen molar-refractivity contribution in [3.8, 4) is 11.5 Å². The summed E-state index contributed by atoms with van der Waals surface area (Å²) >= 11 is 0. The van der Waals surface area contributed by atoms with Crippen LogP contribution >= 0.6 is 0 Å². The third-order valence-corrected chi connectivity index (χ3v) is 4.70. The fourth-order valence-corrected chi connectivity index (χ4v) is 3.00. The molecule has 0 radical (unpaired) electrons. The smallest absolute Gasteiger partial charge is 0.335 e. The van der Waals surface area contributed by atoms with Crippen molar-refractivity contribution < 1.29 is 19.4 Å². The van der Waals surface area contributed by atoms with Gasteiger partial charge in [-0.1, -0.05) is 78.1 Å². The molecule has 0 spiro atoms. The number of benzene rings is 1. The quantitative estimate of drug-likeness (QED) is 0.301. The van der Waals surface area contributed by atoms with Crippen LogP contribution in [0, 0.1) is 0 Å². The summed E-state index contributed by atoms with van der Waals surface area (Å²) in [5.41, 5.74) is 0.236. The topological polar surface area (TPSA) is 55.8 Å². The molecule has 1 aromatic rings. The zero-order valence-electron chi connectivity index (χ0n) is 17.3. The standard InChI is InChI=1S/C23H38O4/c1-3-5-7-9-11-13-17-26-21-16-15-20(23(24)25)19-22(21)27-18-14-12-10-8-6-4-2/h15-16,19H,3-14,17-18H2,1-2H3,(H,24,25). The molecule has 0 aliphatic rings. The summed E-state index contributed by atoms with van der Waals surface area (Å²) in [6.45, 7) is 5.68. The first-order valence-electron chi connectivity index (χ1n) is 10.8. The van der Waals surface area contributed by atoms with Crippen molar-refractivity contribution in [1.29, 1.82) is 0 Å². The molecule has 0 atom stereocenters. The van der Waals surface area contributed by atoms with Crippen molar-refractivity contribution in [2.45, 2.75) is 90.9 Å². The number of hydrogen-bond donors (Lipinski definition) is 1. The zero-order chi connectivity index (χ0) is 19.7. The second-order valence-electron chi connectivity index (χ2n) is 7.20. The largest absolute Gasteiger partial charge is 0.490 e. The molecule has 4 heteroatoms. The van der Waals surface area contributed by atoms with E-state index in [2.05, 4.69) is 13.8 Å². The van der Waals surface area contributed by atoms with E-state index in [-0.39, 0.29) is 5.56 Å². The zero-order valence-corrected chi connectivity index (χ0v) is 17.3. The van der Waals surface area contributed by atoms with E-state index in [0.717, 1.165) is 19.3 Å². The lowest BCUT2D eigenvalue weighted by Gasteiger charge is -2.13. The maximum absolute atomic E-state index is 11.2. The molecule has 0 fully saturated rings. The van der Waals surface area contributed by atoms with Gasteiger partial charge in [0, 0.05) is 0 Å². The molecule has 0 amide bonds. The first-order chi connectivity index (χ1) is 13.2. The Labute approximate surface area is 165 Å². The van der Waals surface area contributed by atoms with Crippen molar-refractivity contribution in [2.75, 3.05) is 13.2 Å². The monoisotopic (exact) mass is 378 g/mol. The molecule has 0 aromatic heterocycles. The van der Waals surface area contributed by atoms with Crippen LogP contribution in [0.1, 0.15) is 101 Å². The molecular formula is C23H38O4. The Hall–Kier alpha value is -1.71. The molecule has 0 aliphatic heterocycles. The average Bonchev–Trinajstić information content (AvgIpc) is 2.67. The molecule has 0 heterocycles. The van der Waals surface area contributed by atoms with Gasteiger partial charge < -0.3 is 14.6 Å². The van der Waals surface area contributed by atoms with Gasteiger partial charge in [0.1, 0.15) is 0 Å². The van der Waals surface area contributed by atoms with E-state index < -0.39 is 5.97 Å². The van der Waals surface area contributed by atoms with Gasteiger partial charge in [-0.3, -0.25) is 0 Å². The Bertz CT molecular complexity index is 513. The molecule has 154 valence electrons. The van der Waals surface area contributed by atoms with Crippen LogP contribution in [0.15, 0.2) is 18.2 Å². The number of aromatic carboxylic acids is 1. The summed E-state index contributed by atoms with van der Waals surface area (Å²) < 4.78 is 11.7. The van der Waals surface area contributed by atoms with Gasteiger partial charge in [-0.05, 0) is 31.0 Å². The minimum atomic E-state index is -0.943. The summed E-state index contributed by atoms with van der Waals surface area (Å²) in [7, 11) is 0. The fraction of sp³-hybridized carbons (Fsp3) is 0.696. The maximum Gasteiger partial charge on any atom is 0.335 e. The summed E-state index contributed by atoms with van der Waals surface area (Å²) in [5.74, 6) is 0.260. The summed E-state index contributed by atoms with van der Waals surface area (Å²) in [6, 6.07) is 4.88. The number of ether oxygens (including phenoxy) is 2. The minimum absolute atomic E-state index is 0.236. The van der Waals surface area contributed by atoms with Crippen LogP contribution in [0.3, 0.4) is 0 Å². The molecular weight excluding hydrogens is 340 g/mol. The van der Waals surface area contributed by atoms with E-state index in [1.807, 2.05) is 0 Å². The second-order valence-corrected chi connectivity index (χ2v) is 7.20. The lowest BCUT2D eigenvalue weighted by atomic mass is 10.1. The highest BCUT2D eigenvalue weighted by atomic mass is 16.5. The van der Waals surface area contributed by atoms with Crippen LogP contribution < -0.4 is 9.47 Å². The third-order valence-electron chi connectivity index (χ3n) is 4.70. The molecule has 0 aliphatic carbocycles. The molecule has 0 saturated heterocycles. The Morgan fingerprint density at radius 1 is 0.741 bits per heavy atom. The van der Waals surface area contributed by atoms with Crippen LogP contribution in [0.5, 0.6) is 11.5 Å². The highest BCUT2D eigenvalue weighted by Gasteiger charge is 2.11. The summed E-state index contributed by atoms with van der Waals surface area (Å²) in [6.07, 6.45) is 14.4. The predicted octanol–water partition coefficient (Wildman–Crippen LogP) is 6.86. The average molecular weight is 379 g/mol. The van der Waals surface area contributed by atoms with E-state index in [1.54, 1.807) is 18.2 Å². The van der Waals surface area contributed by atoms with Crippen LogP contribution in [-0.4, -0.2) is 24.3 Å². The second kappa shape index (κ2) is 15.4. The van der Waals surface area contributed by atoms with E-state index in [1.165, 1.54) is 57.8 Å². The Morgan fingerprint density at radius 3 is 1.74 bits per heavy atom. The molecule has 0 saturated carbocycles. The van der Waals surface area contributed by atoms with E-state index >= 15 is 0 Å². The van der Waals surface area contributed by atoms with Gasteiger partial charge in [0.25, 0.3) is 0 Å². The fourth-order valence-electron chi connectivity index (χ4n) is 3.00. The number of carbonyl (C=O) groups is 1. The van der Waals surface area contributed by atoms with Crippen LogP contribution in [0.2, 0.25) is 0 Å². The number of unbranched alkanes of at least 4 members (excludes halogenated alkanes) is 10. The molecule has 27 heavy (non-hydrogen) atoms. The predicted molar refractivity (Wildman–Crippen MR) is 111 cm³/mol. The number of hydrogen-bond acceptors (Lipinski definition) is 3. The van der Waals surface area contributed by atoms with Crippen molar-refractivity contribution in [1.82, 2.24) is 0 Å². The van der Waals surface area contributed by atoms with Gasteiger partial charge in [0.15, 0.2) is 11.5 Å². The normalized spacial score (nSPS) is 10.7. The van der Waals surface area contributed by atoms with Crippen molar-refractivity contribution in [2.24, 2.45) is 0 Å². The van der Waals surface area contributed by atoms with Crippen molar-refractivity contribution >= 4 is 5.97 Å². The van der Waals surface area contributed by atoms with E-state index in [4.69, 9.17) is 9.47 Å². The van der Waals surface area contributed by atoms with Crippen molar-refractivity contribution in [3.63, 3.8) is 0 Å². The Kier molecular flexibility index (Phi) is 13.3. The van der Waals surface area contributed by atoms with Crippen LogP contribution in [0.4, 0.5) is 0 Å². The summed E-state index contributed by atoms with van der Waals surface area (Å²) in [4.78, 5) is 11.2. The Balaban J connectivity index is 2.42. The Morgan fingerprint density at radius 2 is 1.22 bits per heavy atom. The molecule has 1 N–H and O–H groups in total. The lowest BCUT2D eigenvalue weighted by molar-refractivity contribution is 0.0696. The first-order valence-corrected chi connectivity index (χ1v) is 10.8. The maximum atomic E-state index is 11.2. The van der Waals surface area contributed by atoms with E-state index in [0.29, 0.717) is 24.7 Å². The first kappa shape index (κ1) is 23.3. The van der Waals surface area contributed by atoms with Crippen molar-refractivity contribution in [3.05, 3.63) is 23.8 Å². The van der Waals surface area contributed by atoms with Gasteiger partial charge in [-0.2, -0.15) is 0 Å². The molecule has 0 bridgehead atoms. The van der Waals surface area contributed by atoms with Gasteiger partial charge in [0.05, 0.1) is 18.8 Å². The molecule has 0 unspecified atom stereocenters. The SMILES string of the molecule is CCCCCCCCOc1ccc(C(=O)O)cc1OCCCCCCCC. The highest BCUT2D eigenvalue weighted by molar-refractivity contribution is 5.88. The molecule has 1 aromatic carbocycles. The third kappa shape index (κ3) is 10.9. The highest BCUT2D eigenvalue weighted by Crippen LogP contribution is 2.29. The van der Waals surface area contributed by atoms with E-state index in [9.17, 15) is 9.90 Å². The number of carboxylic acid groups (broad SMARTS) is 1. The van der Waals surface area contributed by atoms with Crippen LogP contribution in [0.25, 0.3) is 0 Å². The lowest BCUT2D eigenvalue weighted by Crippen LogP contribution is -2.05. The van der Waals surface area contributed by atoms with Crippen LogP contribution in [-0.2, 0) is 0 Å². The van der Waals surface area contributed by atoms with Gasteiger partial charge in [-0.25, -0.2) is 4.79 Å². The van der Waals surface area contributed by atoms with Gasteiger partial charge in [0.2, 0.25) is 0 Å². The molecule has 1 rings (SSSR count). The van der Waals surface area contributed by atoms with Gasteiger partial charge in [-0.15, -0.1) is 0 Å². The number of rotatable bonds is 17. The summed E-state index contributed by atoms with van der Waals surface area (Å²) in [5, 5.41) is 9.21.